The van der Waals surface area contributed by atoms with Crippen LogP contribution in [0.5, 0.6) is 0 Å². The maximum atomic E-state index is 7.03. The Bertz CT molecular complexity index is 960. The van der Waals surface area contributed by atoms with Gasteiger partial charge in [-0.2, -0.15) is 0 Å². The van der Waals surface area contributed by atoms with E-state index in [2.05, 4.69) is 66.5 Å². The smallest absolute Gasteiger partial charge is 0.187 e. The molecule has 0 saturated carbocycles. The maximum absolute atomic E-state index is 7.03. The highest BCUT2D eigenvalue weighted by Crippen LogP contribution is 2.49. The first-order valence-corrected chi connectivity index (χ1v) is 8.08. The van der Waals surface area contributed by atoms with Gasteiger partial charge in [0, 0.05) is 16.8 Å². The molecule has 0 aliphatic heterocycles. The third kappa shape index (κ3) is 2.18. The van der Waals surface area contributed by atoms with Crippen LogP contribution >= 0.6 is 0 Å². The van der Waals surface area contributed by atoms with Gasteiger partial charge in [-0.25, -0.2) is 4.85 Å². The van der Waals surface area contributed by atoms with E-state index in [-0.39, 0.29) is 5.41 Å². The van der Waals surface area contributed by atoms with Crippen molar-refractivity contribution >= 4 is 17.1 Å². The summed E-state index contributed by atoms with van der Waals surface area (Å²) in [4.78, 5) is 3.43. The van der Waals surface area contributed by atoms with Gasteiger partial charge in [0.2, 0.25) is 0 Å². The van der Waals surface area contributed by atoms with E-state index in [9.17, 15) is 0 Å². The van der Waals surface area contributed by atoms with Gasteiger partial charge < -0.3 is 5.32 Å². The number of nitrogens with zero attached hydrogens (tertiary/aromatic N) is 1. The van der Waals surface area contributed by atoms with Crippen molar-refractivity contribution in [3.63, 3.8) is 0 Å². The van der Waals surface area contributed by atoms with Gasteiger partial charge in [-0.3, -0.25) is 0 Å². The zero-order valence-corrected chi connectivity index (χ0v) is 13.8. The summed E-state index contributed by atoms with van der Waals surface area (Å²) in [6, 6.07) is 22.8. The van der Waals surface area contributed by atoms with Crippen LogP contribution in [0.4, 0.5) is 17.1 Å². The number of hydrogen-bond donors (Lipinski definition) is 1. The van der Waals surface area contributed by atoms with Crippen molar-refractivity contribution in [3.05, 3.63) is 89.3 Å². The second kappa shape index (κ2) is 5.25. The predicted molar refractivity (Wildman–Crippen MR) is 100.0 cm³/mol. The summed E-state index contributed by atoms with van der Waals surface area (Å²) in [7, 11) is 0. The lowest BCUT2D eigenvalue weighted by molar-refractivity contribution is 0.660. The molecule has 4 rings (SSSR count). The number of anilines is 2. The number of rotatable bonds is 2. The Morgan fingerprint density at radius 1 is 0.792 bits per heavy atom. The van der Waals surface area contributed by atoms with E-state index in [0.29, 0.717) is 5.69 Å². The van der Waals surface area contributed by atoms with Crippen LogP contribution in [0.15, 0.2) is 66.7 Å². The molecule has 1 aliphatic rings. The maximum Gasteiger partial charge on any atom is 0.187 e. The van der Waals surface area contributed by atoms with Crippen LogP contribution in [0, 0.1) is 6.57 Å². The van der Waals surface area contributed by atoms with Crippen molar-refractivity contribution in [3.8, 4) is 11.1 Å². The lowest BCUT2D eigenvalue weighted by atomic mass is 9.82. The molecule has 3 aromatic carbocycles. The van der Waals surface area contributed by atoms with Crippen molar-refractivity contribution in [2.75, 3.05) is 5.32 Å². The first-order chi connectivity index (χ1) is 11.6. The van der Waals surface area contributed by atoms with E-state index < -0.39 is 0 Å². The van der Waals surface area contributed by atoms with Crippen LogP contribution in [0.3, 0.4) is 0 Å². The molecule has 24 heavy (non-hydrogen) atoms. The molecular weight excluding hydrogens is 292 g/mol. The van der Waals surface area contributed by atoms with E-state index in [1.165, 1.54) is 22.3 Å². The summed E-state index contributed by atoms with van der Waals surface area (Å²) in [5.74, 6) is 0. The number of benzene rings is 3. The monoisotopic (exact) mass is 310 g/mol. The number of hydrogen-bond acceptors (Lipinski definition) is 1. The van der Waals surface area contributed by atoms with Gasteiger partial charge >= 0.3 is 0 Å². The second-order valence-corrected chi connectivity index (χ2v) is 6.71. The average Bonchev–Trinajstić information content (AvgIpc) is 2.84. The topological polar surface area (TPSA) is 16.4 Å². The first-order valence-electron chi connectivity index (χ1n) is 8.08. The molecule has 0 bridgehead atoms. The molecule has 0 saturated heterocycles. The minimum absolute atomic E-state index is 0.0115. The minimum atomic E-state index is 0.0115. The fourth-order valence-corrected chi connectivity index (χ4v) is 3.57. The van der Waals surface area contributed by atoms with Crippen LogP contribution in [0.1, 0.15) is 25.0 Å². The quantitative estimate of drug-likeness (QED) is 0.550. The summed E-state index contributed by atoms with van der Waals surface area (Å²) in [6.45, 7) is 11.6. The molecule has 0 spiro atoms. The Morgan fingerprint density at radius 3 is 2.21 bits per heavy atom. The van der Waals surface area contributed by atoms with E-state index in [1.54, 1.807) is 0 Å². The van der Waals surface area contributed by atoms with Gasteiger partial charge in [-0.1, -0.05) is 56.3 Å². The lowest BCUT2D eigenvalue weighted by Gasteiger charge is -2.22. The molecule has 2 heteroatoms. The molecule has 1 N–H and O–H groups in total. The molecule has 3 aromatic rings. The Labute approximate surface area is 142 Å². The van der Waals surface area contributed by atoms with Gasteiger partial charge in [-0.15, -0.1) is 0 Å². The third-order valence-corrected chi connectivity index (χ3v) is 4.87. The van der Waals surface area contributed by atoms with Crippen LogP contribution < -0.4 is 5.32 Å². The molecule has 0 atom stereocenters. The molecule has 0 aromatic heterocycles. The molecule has 116 valence electrons. The van der Waals surface area contributed by atoms with Crippen molar-refractivity contribution < 1.29 is 0 Å². The summed E-state index contributed by atoms with van der Waals surface area (Å²) < 4.78 is 0. The van der Waals surface area contributed by atoms with Crippen LogP contribution in [-0.2, 0) is 5.41 Å². The minimum Gasteiger partial charge on any atom is -0.356 e. The Balaban J connectivity index is 1.72. The zero-order chi connectivity index (χ0) is 16.7. The normalized spacial score (nSPS) is 13.7. The summed E-state index contributed by atoms with van der Waals surface area (Å²) >= 11 is 0. The largest absolute Gasteiger partial charge is 0.356 e. The van der Waals surface area contributed by atoms with Gasteiger partial charge in [0.05, 0.1) is 6.57 Å². The SMILES string of the molecule is [C-]#[N+]c1ccc(Nc2ccc3c(c2)C(C)(C)c2ccccc2-3)cc1. The van der Waals surface area contributed by atoms with Gasteiger partial charge in [0.15, 0.2) is 5.69 Å². The number of nitrogens with one attached hydrogen (secondary N) is 1. The van der Waals surface area contributed by atoms with Crippen LogP contribution in [0.25, 0.3) is 16.0 Å². The fourth-order valence-electron chi connectivity index (χ4n) is 3.57. The Kier molecular flexibility index (Phi) is 3.18. The molecule has 0 amide bonds. The van der Waals surface area contributed by atoms with Crippen molar-refractivity contribution in [2.45, 2.75) is 19.3 Å². The fraction of sp³-hybridized carbons (Fsp3) is 0.136. The highest BCUT2D eigenvalue weighted by atomic mass is 14.9. The Hall–Kier alpha value is -3.05. The highest BCUT2D eigenvalue weighted by molar-refractivity contribution is 5.82. The van der Waals surface area contributed by atoms with Gasteiger partial charge in [0.1, 0.15) is 0 Å². The summed E-state index contributed by atoms with van der Waals surface area (Å²) in [5, 5.41) is 3.45. The third-order valence-electron chi connectivity index (χ3n) is 4.87. The van der Waals surface area contributed by atoms with Crippen LogP contribution in [0.2, 0.25) is 0 Å². The molecule has 0 fully saturated rings. The molecule has 2 nitrogen and oxygen atoms in total. The lowest BCUT2D eigenvalue weighted by Crippen LogP contribution is -2.15. The van der Waals surface area contributed by atoms with Gasteiger partial charge in [0.25, 0.3) is 0 Å². The second-order valence-electron chi connectivity index (χ2n) is 6.71. The zero-order valence-electron chi connectivity index (χ0n) is 13.8. The molecule has 1 aliphatic carbocycles. The van der Waals surface area contributed by atoms with Crippen molar-refractivity contribution in [2.24, 2.45) is 0 Å². The molecule has 0 radical (unpaired) electrons. The van der Waals surface area contributed by atoms with E-state index in [4.69, 9.17) is 6.57 Å². The van der Waals surface area contributed by atoms with E-state index in [1.807, 2.05) is 24.3 Å². The van der Waals surface area contributed by atoms with E-state index >= 15 is 0 Å². The molecule has 0 unspecified atom stereocenters. The van der Waals surface area contributed by atoms with E-state index in [0.717, 1.165) is 11.4 Å². The van der Waals surface area contributed by atoms with Crippen molar-refractivity contribution in [1.82, 2.24) is 0 Å². The molecule has 0 heterocycles. The standard InChI is InChI=1S/C22H18N2/c1-22(2)20-7-5-4-6-18(20)19-13-12-17(14-21(19)22)24-16-10-8-15(23-3)9-11-16/h4-14,24H,1-2H3. The predicted octanol–water partition coefficient (Wildman–Crippen LogP) is 6.29. The summed E-state index contributed by atoms with van der Waals surface area (Å²) in [6.07, 6.45) is 0. The first kappa shape index (κ1) is 14.5. The average molecular weight is 310 g/mol. The van der Waals surface area contributed by atoms with Crippen molar-refractivity contribution in [1.29, 1.82) is 0 Å². The Morgan fingerprint density at radius 2 is 1.46 bits per heavy atom. The van der Waals surface area contributed by atoms with Crippen LogP contribution in [-0.4, -0.2) is 0 Å². The molecular formula is C22H18N2. The van der Waals surface area contributed by atoms with Gasteiger partial charge in [-0.05, 0) is 46.5 Å². The highest BCUT2D eigenvalue weighted by Gasteiger charge is 2.35. The number of fused-ring (bicyclic) bond motifs is 3. The summed E-state index contributed by atoms with van der Waals surface area (Å²) in [5.41, 5.74) is 8.14.